The lowest BCUT2D eigenvalue weighted by molar-refractivity contribution is 0.146. The van der Waals surface area contributed by atoms with Crippen molar-refractivity contribution < 1.29 is 9.53 Å². The molecule has 0 aromatic heterocycles. The molecule has 0 saturated carbocycles. The Bertz CT molecular complexity index is 745. The monoisotopic (exact) mass is 335 g/mol. The smallest absolute Gasteiger partial charge is 0.410 e. The van der Waals surface area contributed by atoms with Crippen molar-refractivity contribution in [1.29, 1.82) is 0 Å². The summed E-state index contributed by atoms with van der Waals surface area (Å²) in [6.45, 7) is 7.63. The Hall–Kier alpha value is -2.55. The molecule has 0 bridgehead atoms. The number of hydrogen-bond acceptors (Lipinski definition) is 2. The highest BCUT2D eigenvalue weighted by atomic mass is 16.6. The highest BCUT2D eigenvalue weighted by Crippen LogP contribution is 2.31. The average molecular weight is 335 g/mol. The number of rotatable bonds is 4. The number of carbonyl (C=O) groups excluding carboxylic acids is 1. The molecule has 1 saturated heterocycles. The van der Waals surface area contributed by atoms with Gasteiger partial charge in [0.25, 0.3) is 0 Å². The molecule has 1 amide bonds. The van der Waals surface area contributed by atoms with Gasteiger partial charge in [-0.15, -0.1) is 0 Å². The van der Waals surface area contributed by atoms with Gasteiger partial charge in [0.2, 0.25) is 0 Å². The van der Waals surface area contributed by atoms with Crippen molar-refractivity contribution in [1.82, 2.24) is 4.90 Å². The molecule has 3 nitrogen and oxygen atoms in total. The van der Waals surface area contributed by atoms with Gasteiger partial charge in [-0.25, -0.2) is 4.79 Å². The summed E-state index contributed by atoms with van der Waals surface area (Å²) in [4.78, 5) is 14.1. The average Bonchev–Trinajstić information content (AvgIpc) is 2.94. The van der Waals surface area contributed by atoms with E-state index in [1.54, 1.807) is 4.90 Å². The van der Waals surface area contributed by atoms with Crippen molar-refractivity contribution in [2.45, 2.75) is 33.4 Å². The Morgan fingerprint density at radius 2 is 1.68 bits per heavy atom. The maximum absolute atomic E-state index is 12.4. The lowest BCUT2D eigenvalue weighted by Gasteiger charge is -2.20. The van der Waals surface area contributed by atoms with Gasteiger partial charge in [-0.2, -0.15) is 0 Å². The first-order valence-electron chi connectivity index (χ1n) is 8.70. The minimum Gasteiger partial charge on any atom is -0.439 e. The van der Waals surface area contributed by atoms with Crippen molar-refractivity contribution in [3.8, 4) is 0 Å². The lowest BCUT2D eigenvalue weighted by Crippen LogP contribution is -2.25. The van der Waals surface area contributed by atoms with Gasteiger partial charge in [-0.3, -0.25) is 4.90 Å². The van der Waals surface area contributed by atoms with Gasteiger partial charge in [0.1, 0.15) is 6.10 Å². The molecule has 1 aliphatic heterocycles. The summed E-state index contributed by atoms with van der Waals surface area (Å²) in [5.41, 5.74) is 3.31. The molecule has 1 atom stereocenters. The maximum Gasteiger partial charge on any atom is 0.410 e. The maximum atomic E-state index is 12.4. The third kappa shape index (κ3) is 4.50. The topological polar surface area (TPSA) is 29.5 Å². The van der Waals surface area contributed by atoms with E-state index in [4.69, 9.17) is 4.74 Å². The predicted molar refractivity (Wildman–Crippen MR) is 101 cm³/mol. The number of hydrogen-bond donors (Lipinski definition) is 0. The summed E-state index contributed by atoms with van der Waals surface area (Å²) in [5, 5.41) is 0. The second-order valence-corrected chi connectivity index (χ2v) is 7.57. The third-order valence-corrected chi connectivity index (χ3v) is 4.15. The van der Waals surface area contributed by atoms with Gasteiger partial charge in [0.15, 0.2) is 0 Å². The van der Waals surface area contributed by atoms with Crippen LogP contribution in [0.3, 0.4) is 0 Å². The number of allylic oxidation sites excluding steroid dienone is 1. The molecule has 25 heavy (non-hydrogen) atoms. The summed E-state index contributed by atoms with van der Waals surface area (Å²) in [6, 6.07) is 20.2. The van der Waals surface area contributed by atoms with Crippen LogP contribution in [0.25, 0.3) is 5.57 Å². The lowest BCUT2D eigenvalue weighted by atomic mass is 9.88. The Morgan fingerprint density at radius 1 is 1.08 bits per heavy atom. The van der Waals surface area contributed by atoms with Gasteiger partial charge in [0, 0.05) is 6.54 Å². The van der Waals surface area contributed by atoms with Crippen molar-refractivity contribution in [2.24, 2.45) is 5.41 Å². The molecule has 2 aromatic rings. The zero-order chi connectivity index (χ0) is 17.9. The van der Waals surface area contributed by atoms with Gasteiger partial charge >= 0.3 is 6.09 Å². The van der Waals surface area contributed by atoms with E-state index in [0.29, 0.717) is 13.1 Å². The van der Waals surface area contributed by atoms with Crippen LogP contribution < -0.4 is 0 Å². The molecule has 1 aliphatic rings. The first-order valence-corrected chi connectivity index (χ1v) is 8.70. The molecule has 0 spiro atoms. The van der Waals surface area contributed by atoms with Crippen molar-refractivity contribution in [2.75, 3.05) is 6.54 Å². The molecule has 0 aliphatic carbocycles. The van der Waals surface area contributed by atoms with Gasteiger partial charge in [0.05, 0.1) is 6.54 Å². The molecule has 1 unspecified atom stereocenters. The Kier molecular flexibility index (Phi) is 4.93. The number of carbonyl (C=O) groups is 1. The van der Waals surface area contributed by atoms with Crippen LogP contribution in [-0.2, 0) is 11.3 Å². The van der Waals surface area contributed by atoms with Crippen molar-refractivity contribution >= 4 is 11.7 Å². The van der Waals surface area contributed by atoms with E-state index in [1.165, 1.54) is 0 Å². The minimum absolute atomic E-state index is 0.00440. The van der Waals surface area contributed by atoms with Crippen molar-refractivity contribution in [3.63, 3.8) is 0 Å². The van der Waals surface area contributed by atoms with E-state index in [-0.39, 0.29) is 17.6 Å². The second-order valence-electron chi connectivity index (χ2n) is 7.57. The van der Waals surface area contributed by atoms with Crippen LogP contribution in [0, 0.1) is 5.41 Å². The fourth-order valence-corrected chi connectivity index (χ4v) is 3.06. The molecule has 2 aromatic carbocycles. The van der Waals surface area contributed by atoms with Crippen LogP contribution in [0.15, 0.2) is 66.7 Å². The molecule has 130 valence electrons. The number of cyclic esters (lactones) is 1. The summed E-state index contributed by atoms with van der Waals surface area (Å²) >= 11 is 0. The van der Waals surface area contributed by atoms with Gasteiger partial charge < -0.3 is 4.74 Å². The number of ether oxygens (including phenoxy) is 1. The predicted octanol–water partition coefficient (Wildman–Crippen LogP) is 5.14. The highest BCUT2D eigenvalue weighted by Gasteiger charge is 2.34. The first-order chi connectivity index (χ1) is 11.9. The quantitative estimate of drug-likeness (QED) is 0.774. The standard InChI is InChI=1S/C22H25NO2/c1-22(2,3)14-19(18-12-8-5-9-13-18)20-16-23(21(24)25-20)15-17-10-6-4-7-11-17/h4-14,20H,15-16H2,1-3H3/b19-14-. The number of amides is 1. The fourth-order valence-electron chi connectivity index (χ4n) is 3.06. The Balaban J connectivity index is 1.83. The molecule has 3 rings (SSSR count). The van der Waals surface area contributed by atoms with E-state index in [9.17, 15) is 4.79 Å². The van der Waals surface area contributed by atoms with E-state index >= 15 is 0 Å². The van der Waals surface area contributed by atoms with Gasteiger partial charge in [-0.1, -0.05) is 87.5 Å². The van der Waals surface area contributed by atoms with Crippen LogP contribution >= 0.6 is 0 Å². The van der Waals surface area contributed by atoms with Crippen LogP contribution in [0.1, 0.15) is 31.9 Å². The van der Waals surface area contributed by atoms with E-state index in [1.807, 2.05) is 48.5 Å². The zero-order valence-corrected chi connectivity index (χ0v) is 15.1. The number of nitrogens with zero attached hydrogens (tertiary/aromatic N) is 1. The van der Waals surface area contributed by atoms with E-state index in [2.05, 4.69) is 39.0 Å². The van der Waals surface area contributed by atoms with Crippen LogP contribution in [0.4, 0.5) is 4.79 Å². The summed E-state index contributed by atoms with van der Waals surface area (Å²) in [5.74, 6) is 0. The molecular formula is C22H25NO2. The molecule has 0 radical (unpaired) electrons. The summed E-state index contributed by atoms with van der Waals surface area (Å²) in [6.07, 6.45) is 1.73. The largest absolute Gasteiger partial charge is 0.439 e. The van der Waals surface area contributed by atoms with Crippen LogP contribution in [-0.4, -0.2) is 23.6 Å². The van der Waals surface area contributed by atoms with Gasteiger partial charge in [-0.05, 0) is 22.1 Å². The molecule has 1 heterocycles. The zero-order valence-electron chi connectivity index (χ0n) is 15.1. The van der Waals surface area contributed by atoms with E-state index < -0.39 is 0 Å². The Labute approximate surface area is 149 Å². The third-order valence-electron chi connectivity index (χ3n) is 4.15. The first kappa shape index (κ1) is 17.3. The van der Waals surface area contributed by atoms with E-state index in [0.717, 1.165) is 16.7 Å². The van der Waals surface area contributed by atoms with Crippen molar-refractivity contribution in [3.05, 3.63) is 77.9 Å². The molecular weight excluding hydrogens is 310 g/mol. The summed E-state index contributed by atoms with van der Waals surface area (Å²) in [7, 11) is 0. The fraction of sp³-hybridized carbons (Fsp3) is 0.318. The normalized spacial score (nSPS) is 18.4. The Morgan fingerprint density at radius 3 is 2.28 bits per heavy atom. The second kappa shape index (κ2) is 7.14. The summed E-state index contributed by atoms with van der Waals surface area (Å²) < 4.78 is 5.73. The molecule has 1 fully saturated rings. The van der Waals surface area contributed by atoms with Crippen LogP contribution in [0.2, 0.25) is 0 Å². The molecule has 0 N–H and O–H groups in total. The highest BCUT2D eigenvalue weighted by molar-refractivity contribution is 5.78. The SMILES string of the molecule is CC(C)(C)/C=C(/c1ccccc1)C1CN(Cc2ccccc2)C(=O)O1. The number of benzene rings is 2. The van der Waals surface area contributed by atoms with Crippen LogP contribution in [0.5, 0.6) is 0 Å². The minimum atomic E-state index is -0.246. The molecule has 3 heteroatoms.